The first-order valence-electron chi connectivity index (χ1n) is 7.20. The molecule has 0 aliphatic carbocycles. The fraction of sp³-hybridized carbons (Fsp3) is 0.500. The molecule has 0 aliphatic heterocycles. The van der Waals surface area contributed by atoms with E-state index in [4.69, 9.17) is 9.84 Å². The number of hydrogen-bond acceptors (Lipinski definition) is 3. The van der Waals surface area contributed by atoms with Gasteiger partial charge in [-0.1, -0.05) is 26.8 Å². The van der Waals surface area contributed by atoms with E-state index in [-0.39, 0.29) is 24.1 Å². The summed E-state index contributed by atoms with van der Waals surface area (Å²) in [6.07, 6.45) is -0.468. The largest absolute Gasteiger partial charge is 0.465 e. The number of carboxylic acid groups (broad SMARTS) is 1. The predicted octanol–water partition coefficient (Wildman–Crippen LogP) is 2.85. The first kappa shape index (κ1) is 19.7. The summed E-state index contributed by atoms with van der Waals surface area (Å²) in [5.41, 5.74) is 1.34. The Kier molecular flexibility index (Phi) is 7.27. The van der Waals surface area contributed by atoms with Crippen molar-refractivity contribution in [2.75, 3.05) is 13.8 Å². The smallest absolute Gasteiger partial charge is 0.404 e. The standard InChI is InChI=1S/C16H23IN2O4/c1-16(2,3)13(19-15(21)22)8-10-5-6-11(7-12(10)17)14(20)18-9-23-4/h5-7,13,19H,8-9H2,1-4H3,(H,18,20)(H,21,22). The molecule has 1 rings (SSSR count). The number of methoxy groups -OCH3 is 1. The van der Waals surface area contributed by atoms with Crippen LogP contribution >= 0.6 is 22.6 Å². The molecule has 1 aromatic carbocycles. The van der Waals surface area contributed by atoms with Crippen LogP contribution in [-0.2, 0) is 11.2 Å². The summed E-state index contributed by atoms with van der Waals surface area (Å²) in [4.78, 5) is 22.9. The Morgan fingerprint density at radius 2 is 2.00 bits per heavy atom. The van der Waals surface area contributed by atoms with E-state index >= 15 is 0 Å². The lowest BCUT2D eigenvalue weighted by Gasteiger charge is -2.31. The monoisotopic (exact) mass is 434 g/mol. The quantitative estimate of drug-likeness (QED) is 0.475. The summed E-state index contributed by atoms with van der Waals surface area (Å²) in [5.74, 6) is -0.202. The maximum absolute atomic E-state index is 11.9. The third-order valence-electron chi connectivity index (χ3n) is 3.46. The van der Waals surface area contributed by atoms with Gasteiger partial charge in [0.05, 0.1) is 0 Å². The van der Waals surface area contributed by atoms with E-state index in [2.05, 4.69) is 33.2 Å². The topological polar surface area (TPSA) is 87.7 Å². The van der Waals surface area contributed by atoms with Crippen molar-refractivity contribution in [2.45, 2.75) is 33.2 Å². The van der Waals surface area contributed by atoms with E-state index in [0.29, 0.717) is 12.0 Å². The zero-order valence-electron chi connectivity index (χ0n) is 13.8. The van der Waals surface area contributed by atoms with Crippen molar-refractivity contribution in [1.82, 2.24) is 10.6 Å². The highest BCUT2D eigenvalue weighted by molar-refractivity contribution is 14.1. The number of rotatable bonds is 6. The molecule has 0 heterocycles. The van der Waals surface area contributed by atoms with Gasteiger partial charge in [-0.15, -0.1) is 0 Å². The number of benzene rings is 1. The first-order chi connectivity index (χ1) is 10.6. The van der Waals surface area contributed by atoms with Crippen LogP contribution < -0.4 is 10.6 Å². The van der Waals surface area contributed by atoms with Crippen LogP contribution in [0.2, 0.25) is 0 Å². The molecule has 6 nitrogen and oxygen atoms in total. The lowest BCUT2D eigenvalue weighted by molar-refractivity contribution is 0.0872. The number of carbonyl (C=O) groups is 2. The molecule has 0 saturated carbocycles. The molecule has 7 heteroatoms. The van der Waals surface area contributed by atoms with Gasteiger partial charge >= 0.3 is 6.09 Å². The van der Waals surface area contributed by atoms with E-state index in [9.17, 15) is 9.59 Å². The molecule has 0 saturated heterocycles. The van der Waals surface area contributed by atoms with Crippen molar-refractivity contribution in [2.24, 2.45) is 5.41 Å². The predicted molar refractivity (Wildman–Crippen MR) is 96.6 cm³/mol. The van der Waals surface area contributed by atoms with Gasteiger partial charge in [-0.25, -0.2) is 4.79 Å². The Balaban J connectivity index is 2.92. The Morgan fingerprint density at radius 3 is 2.48 bits per heavy atom. The second-order valence-electron chi connectivity index (χ2n) is 6.32. The summed E-state index contributed by atoms with van der Waals surface area (Å²) in [6.45, 7) is 6.14. The van der Waals surface area contributed by atoms with Crippen LogP contribution in [0, 0.1) is 8.99 Å². The molecule has 0 bridgehead atoms. The Morgan fingerprint density at radius 1 is 1.35 bits per heavy atom. The summed E-state index contributed by atoms with van der Waals surface area (Å²) < 4.78 is 5.74. The van der Waals surface area contributed by atoms with Crippen molar-refractivity contribution >= 4 is 34.6 Å². The normalized spacial score (nSPS) is 12.6. The highest BCUT2D eigenvalue weighted by Gasteiger charge is 2.27. The van der Waals surface area contributed by atoms with E-state index < -0.39 is 6.09 Å². The molecule has 0 radical (unpaired) electrons. The van der Waals surface area contributed by atoms with Gasteiger partial charge in [0.2, 0.25) is 0 Å². The van der Waals surface area contributed by atoms with E-state index in [1.165, 1.54) is 7.11 Å². The fourth-order valence-electron chi connectivity index (χ4n) is 2.04. The van der Waals surface area contributed by atoms with E-state index in [1.807, 2.05) is 26.8 Å². The van der Waals surface area contributed by atoms with Crippen LogP contribution in [0.15, 0.2) is 18.2 Å². The maximum atomic E-state index is 11.9. The Labute approximate surface area is 150 Å². The van der Waals surface area contributed by atoms with Crippen molar-refractivity contribution in [1.29, 1.82) is 0 Å². The third kappa shape index (κ3) is 6.34. The molecule has 0 spiro atoms. The summed E-state index contributed by atoms with van der Waals surface area (Å²) in [7, 11) is 1.51. The summed E-state index contributed by atoms with van der Waals surface area (Å²) >= 11 is 2.17. The minimum absolute atomic E-state index is 0.159. The molecular formula is C16H23IN2O4. The lowest BCUT2D eigenvalue weighted by atomic mass is 9.83. The number of ether oxygens (including phenoxy) is 1. The van der Waals surface area contributed by atoms with Crippen LogP contribution in [0.3, 0.4) is 0 Å². The van der Waals surface area contributed by atoms with Crippen LogP contribution in [0.25, 0.3) is 0 Å². The number of hydrogen-bond donors (Lipinski definition) is 3. The van der Waals surface area contributed by atoms with Gasteiger partial charge in [-0.2, -0.15) is 0 Å². The molecule has 1 aromatic rings. The minimum Gasteiger partial charge on any atom is -0.465 e. The zero-order chi connectivity index (χ0) is 17.6. The second-order valence-corrected chi connectivity index (χ2v) is 7.48. The van der Waals surface area contributed by atoms with Crippen LogP contribution in [0.1, 0.15) is 36.7 Å². The Hall–Kier alpha value is -1.35. The van der Waals surface area contributed by atoms with Gasteiger partial charge in [-0.3, -0.25) is 4.79 Å². The third-order valence-corrected chi connectivity index (χ3v) is 4.46. The molecule has 0 aromatic heterocycles. The first-order valence-corrected chi connectivity index (χ1v) is 8.28. The SMILES string of the molecule is COCNC(=O)c1ccc(CC(NC(=O)O)C(C)(C)C)c(I)c1. The number of nitrogens with one attached hydrogen (secondary N) is 2. The van der Waals surface area contributed by atoms with Crippen LogP contribution in [0.4, 0.5) is 4.79 Å². The highest BCUT2D eigenvalue weighted by atomic mass is 127. The molecule has 23 heavy (non-hydrogen) atoms. The molecule has 3 N–H and O–H groups in total. The average Bonchev–Trinajstić information content (AvgIpc) is 2.44. The van der Waals surface area contributed by atoms with Crippen LogP contribution in [-0.4, -0.2) is 37.0 Å². The van der Waals surface area contributed by atoms with Gasteiger partial charge in [-0.05, 0) is 52.1 Å². The number of carbonyl (C=O) groups excluding carboxylic acids is 1. The van der Waals surface area contributed by atoms with Crippen molar-refractivity contribution in [3.63, 3.8) is 0 Å². The van der Waals surface area contributed by atoms with Gasteiger partial charge in [0.25, 0.3) is 5.91 Å². The summed E-state index contributed by atoms with van der Waals surface area (Å²) in [6, 6.07) is 5.18. The summed E-state index contributed by atoms with van der Waals surface area (Å²) in [5, 5.41) is 14.2. The number of halogens is 1. The average molecular weight is 434 g/mol. The van der Waals surface area contributed by atoms with Gasteiger partial charge in [0.15, 0.2) is 0 Å². The molecule has 2 amide bonds. The van der Waals surface area contributed by atoms with E-state index in [1.54, 1.807) is 12.1 Å². The molecular weight excluding hydrogens is 411 g/mol. The molecule has 128 valence electrons. The minimum atomic E-state index is -1.03. The molecule has 0 aliphatic rings. The maximum Gasteiger partial charge on any atom is 0.404 e. The number of amides is 2. The fourth-order valence-corrected chi connectivity index (χ4v) is 2.77. The van der Waals surface area contributed by atoms with E-state index in [0.717, 1.165) is 9.13 Å². The highest BCUT2D eigenvalue weighted by Crippen LogP contribution is 2.25. The second kappa shape index (κ2) is 8.49. The molecule has 0 fully saturated rings. The Bertz CT molecular complexity index is 570. The molecule has 1 unspecified atom stereocenters. The van der Waals surface area contributed by atoms with Crippen molar-refractivity contribution < 1.29 is 19.4 Å². The molecule has 1 atom stereocenters. The van der Waals surface area contributed by atoms with Crippen molar-refractivity contribution in [3.05, 3.63) is 32.9 Å². The van der Waals surface area contributed by atoms with Crippen LogP contribution in [0.5, 0.6) is 0 Å². The van der Waals surface area contributed by atoms with Gasteiger partial charge in [0, 0.05) is 22.3 Å². The van der Waals surface area contributed by atoms with Gasteiger partial charge in [0.1, 0.15) is 6.73 Å². The zero-order valence-corrected chi connectivity index (χ0v) is 15.9. The van der Waals surface area contributed by atoms with Gasteiger partial charge < -0.3 is 20.5 Å². The van der Waals surface area contributed by atoms with Crippen molar-refractivity contribution in [3.8, 4) is 0 Å². The lowest BCUT2D eigenvalue weighted by Crippen LogP contribution is -2.44.